The summed E-state index contributed by atoms with van der Waals surface area (Å²) in [6, 6.07) is 10.0. The minimum Gasteiger partial charge on any atom is -0.497 e. The number of rotatable bonds is 6. The van der Waals surface area contributed by atoms with E-state index in [0.717, 1.165) is 17.7 Å². The summed E-state index contributed by atoms with van der Waals surface area (Å²) in [6.07, 6.45) is 3.41. The number of carbonyl (C=O) groups excluding carboxylic acids is 1. The fraction of sp³-hybridized carbons (Fsp3) is 0.200. The van der Waals surface area contributed by atoms with Crippen molar-refractivity contribution in [2.24, 2.45) is 7.05 Å². The number of nitrogens with zero attached hydrogens (tertiary/aromatic N) is 2. The second-order valence-electron chi connectivity index (χ2n) is 6.10. The lowest BCUT2D eigenvalue weighted by Gasteiger charge is -2.19. The van der Waals surface area contributed by atoms with Gasteiger partial charge in [0.05, 0.1) is 13.5 Å². The van der Waals surface area contributed by atoms with Gasteiger partial charge in [-0.05, 0) is 35.4 Å². The molecular formula is C20H19F2N3O2. The number of methoxy groups -OCH3 is 1. The molecule has 0 saturated heterocycles. The molecule has 1 N–H and O–H groups in total. The van der Waals surface area contributed by atoms with Gasteiger partial charge in [-0.3, -0.25) is 4.79 Å². The van der Waals surface area contributed by atoms with E-state index in [1.54, 1.807) is 49.3 Å². The fourth-order valence-corrected chi connectivity index (χ4v) is 2.82. The van der Waals surface area contributed by atoms with Crippen LogP contribution in [0, 0.1) is 11.6 Å². The highest BCUT2D eigenvalue weighted by molar-refractivity contribution is 5.79. The van der Waals surface area contributed by atoms with Gasteiger partial charge in [-0.25, -0.2) is 13.8 Å². The van der Waals surface area contributed by atoms with Gasteiger partial charge >= 0.3 is 0 Å². The number of nitrogens with one attached hydrogen (secondary N) is 1. The Morgan fingerprint density at radius 2 is 2.04 bits per heavy atom. The van der Waals surface area contributed by atoms with Gasteiger partial charge in [-0.1, -0.05) is 18.2 Å². The maximum absolute atomic E-state index is 13.7. The number of hydrogen-bond acceptors (Lipinski definition) is 3. The molecule has 0 aliphatic rings. The van der Waals surface area contributed by atoms with Crippen molar-refractivity contribution in [2.75, 3.05) is 7.11 Å². The molecule has 0 fully saturated rings. The fourth-order valence-electron chi connectivity index (χ4n) is 2.82. The molecule has 1 aromatic heterocycles. The molecule has 1 atom stereocenters. The third-order valence-electron chi connectivity index (χ3n) is 4.20. The van der Waals surface area contributed by atoms with Crippen LogP contribution in [0.3, 0.4) is 0 Å². The van der Waals surface area contributed by atoms with Crippen LogP contribution in [0.25, 0.3) is 0 Å². The number of aromatic nitrogens is 2. The lowest BCUT2D eigenvalue weighted by molar-refractivity contribution is -0.121. The first-order valence-corrected chi connectivity index (χ1v) is 8.32. The zero-order chi connectivity index (χ0) is 19.4. The van der Waals surface area contributed by atoms with E-state index >= 15 is 0 Å². The molecule has 3 rings (SSSR count). The van der Waals surface area contributed by atoms with Crippen molar-refractivity contribution in [2.45, 2.75) is 12.5 Å². The first kappa shape index (κ1) is 18.6. The summed E-state index contributed by atoms with van der Waals surface area (Å²) in [5, 5.41) is 2.86. The van der Waals surface area contributed by atoms with Crippen molar-refractivity contribution in [3.8, 4) is 5.75 Å². The monoisotopic (exact) mass is 371 g/mol. The van der Waals surface area contributed by atoms with Gasteiger partial charge in [0.25, 0.3) is 0 Å². The summed E-state index contributed by atoms with van der Waals surface area (Å²) in [6.45, 7) is 0. The van der Waals surface area contributed by atoms with E-state index in [1.807, 2.05) is 6.07 Å². The largest absolute Gasteiger partial charge is 0.497 e. The van der Waals surface area contributed by atoms with Crippen LogP contribution in [0.5, 0.6) is 5.75 Å². The van der Waals surface area contributed by atoms with Gasteiger partial charge in [0.1, 0.15) is 17.6 Å². The molecule has 1 amide bonds. The maximum atomic E-state index is 13.7. The number of hydrogen-bond donors (Lipinski definition) is 1. The molecule has 0 aliphatic heterocycles. The summed E-state index contributed by atoms with van der Waals surface area (Å²) in [7, 11) is 3.32. The minimum absolute atomic E-state index is 0.113. The zero-order valence-corrected chi connectivity index (χ0v) is 14.9. The Balaban J connectivity index is 1.86. The first-order chi connectivity index (χ1) is 13.0. The lowest BCUT2D eigenvalue weighted by Crippen LogP contribution is -2.32. The van der Waals surface area contributed by atoms with E-state index in [2.05, 4.69) is 10.3 Å². The van der Waals surface area contributed by atoms with Crippen molar-refractivity contribution in [1.29, 1.82) is 0 Å². The van der Waals surface area contributed by atoms with Gasteiger partial charge in [0, 0.05) is 19.4 Å². The van der Waals surface area contributed by atoms with Gasteiger partial charge in [0.2, 0.25) is 5.91 Å². The van der Waals surface area contributed by atoms with Crippen LogP contribution in [0.1, 0.15) is 23.0 Å². The number of aryl methyl sites for hydroxylation is 1. The molecule has 0 spiro atoms. The number of amides is 1. The van der Waals surface area contributed by atoms with Crippen molar-refractivity contribution in [3.05, 3.63) is 83.4 Å². The van der Waals surface area contributed by atoms with Crippen LogP contribution in [0.4, 0.5) is 8.78 Å². The molecule has 140 valence electrons. The molecule has 2 aromatic carbocycles. The molecule has 0 bridgehead atoms. The summed E-state index contributed by atoms with van der Waals surface area (Å²) >= 11 is 0. The molecule has 5 nitrogen and oxygen atoms in total. The lowest BCUT2D eigenvalue weighted by atomic mass is 10.0. The average molecular weight is 371 g/mol. The third kappa shape index (κ3) is 4.31. The smallest absolute Gasteiger partial charge is 0.225 e. The van der Waals surface area contributed by atoms with Crippen LogP contribution in [-0.4, -0.2) is 22.6 Å². The quantitative estimate of drug-likeness (QED) is 0.724. The average Bonchev–Trinajstić information content (AvgIpc) is 3.08. The van der Waals surface area contributed by atoms with Crippen molar-refractivity contribution in [1.82, 2.24) is 14.9 Å². The first-order valence-electron chi connectivity index (χ1n) is 8.32. The number of imidazole rings is 1. The van der Waals surface area contributed by atoms with E-state index < -0.39 is 17.7 Å². The minimum atomic E-state index is -0.978. The predicted octanol–water partition coefficient (Wildman–Crippen LogP) is 3.16. The highest BCUT2D eigenvalue weighted by atomic mass is 19.2. The number of benzene rings is 2. The van der Waals surface area contributed by atoms with E-state index in [1.165, 1.54) is 6.07 Å². The van der Waals surface area contributed by atoms with E-state index in [0.29, 0.717) is 17.1 Å². The topological polar surface area (TPSA) is 56.1 Å². The van der Waals surface area contributed by atoms with Crippen molar-refractivity contribution >= 4 is 5.91 Å². The van der Waals surface area contributed by atoms with Gasteiger partial charge < -0.3 is 14.6 Å². The van der Waals surface area contributed by atoms with Crippen LogP contribution in [0.15, 0.2) is 54.9 Å². The highest BCUT2D eigenvalue weighted by Gasteiger charge is 2.22. The summed E-state index contributed by atoms with van der Waals surface area (Å²) in [5.74, 6) is -1.03. The number of carbonyl (C=O) groups is 1. The van der Waals surface area contributed by atoms with Crippen LogP contribution in [-0.2, 0) is 18.3 Å². The molecule has 0 radical (unpaired) electrons. The van der Waals surface area contributed by atoms with Crippen LogP contribution < -0.4 is 10.1 Å². The Hall–Kier alpha value is -3.22. The standard InChI is InChI=1S/C20H19F2N3O2/c1-25-9-8-23-20(25)19(14-6-7-16(21)17(22)12-14)24-18(26)11-13-4-3-5-15(10-13)27-2/h3-10,12,19H,11H2,1-2H3,(H,24,26). The summed E-state index contributed by atoms with van der Waals surface area (Å²) in [4.78, 5) is 16.8. The molecule has 27 heavy (non-hydrogen) atoms. The number of ether oxygens (including phenoxy) is 1. The maximum Gasteiger partial charge on any atom is 0.225 e. The SMILES string of the molecule is COc1cccc(CC(=O)NC(c2ccc(F)c(F)c2)c2nccn2C)c1. The molecule has 3 aromatic rings. The Morgan fingerprint density at radius 3 is 2.70 bits per heavy atom. The zero-order valence-electron chi connectivity index (χ0n) is 14.9. The Kier molecular flexibility index (Phi) is 5.49. The highest BCUT2D eigenvalue weighted by Crippen LogP contribution is 2.23. The second kappa shape index (κ2) is 7.99. The van der Waals surface area contributed by atoms with Crippen LogP contribution >= 0.6 is 0 Å². The third-order valence-corrected chi connectivity index (χ3v) is 4.20. The van der Waals surface area contributed by atoms with Crippen molar-refractivity contribution in [3.63, 3.8) is 0 Å². The summed E-state index contributed by atoms with van der Waals surface area (Å²) < 4.78 is 33.9. The van der Waals surface area contributed by atoms with Crippen molar-refractivity contribution < 1.29 is 18.3 Å². The van der Waals surface area contributed by atoms with E-state index in [9.17, 15) is 13.6 Å². The Labute approximate surface area is 155 Å². The van der Waals surface area contributed by atoms with E-state index in [-0.39, 0.29) is 12.3 Å². The molecule has 1 unspecified atom stereocenters. The Morgan fingerprint density at radius 1 is 1.22 bits per heavy atom. The van der Waals surface area contributed by atoms with E-state index in [4.69, 9.17) is 4.74 Å². The Bertz CT molecular complexity index is 956. The molecule has 0 saturated carbocycles. The summed E-state index contributed by atoms with van der Waals surface area (Å²) in [5.41, 5.74) is 1.18. The molecule has 7 heteroatoms. The van der Waals surface area contributed by atoms with Gasteiger partial charge in [-0.15, -0.1) is 0 Å². The van der Waals surface area contributed by atoms with Gasteiger partial charge in [0.15, 0.2) is 11.6 Å². The second-order valence-corrected chi connectivity index (χ2v) is 6.10. The molecule has 1 heterocycles. The molecule has 0 aliphatic carbocycles. The number of halogens is 2. The normalized spacial score (nSPS) is 11.9. The van der Waals surface area contributed by atoms with Gasteiger partial charge in [-0.2, -0.15) is 0 Å². The predicted molar refractivity (Wildman–Crippen MR) is 96.2 cm³/mol. The van der Waals surface area contributed by atoms with Crippen LogP contribution in [0.2, 0.25) is 0 Å². The molecular weight excluding hydrogens is 352 g/mol.